The van der Waals surface area contributed by atoms with Crippen molar-refractivity contribution in [1.29, 1.82) is 10.8 Å². The van der Waals surface area contributed by atoms with Gasteiger partial charge in [0, 0.05) is 6.20 Å². The maximum atomic E-state index is 13.3. The van der Waals surface area contributed by atoms with Gasteiger partial charge < -0.3 is 0 Å². The molecule has 0 aromatic carbocycles. The Labute approximate surface area is 106 Å². The maximum absolute atomic E-state index is 13.3. The molecule has 18 heavy (non-hydrogen) atoms. The largest absolute Gasteiger partial charge is 0.297 e. The highest BCUT2D eigenvalue weighted by atomic mass is 19.1. The molecule has 1 heterocycles. The van der Waals surface area contributed by atoms with Crippen molar-refractivity contribution in [2.24, 2.45) is 0 Å². The van der Waals surface area contributed by atoms with Crippen LogP contribution in [-0.4, -0.2) is 34.9 Å². The summed E-state index contributed by atoms with van der Waals surface area (Å²) < 4.78 is 14.7. The summed E-state index contributed by atoms with van der Waals surface area (Å²) in [6.07, 6.45) is 5.16. The molecular weight excluding hydrogens is 231 g/mol. The number of hydrogen-bond acceptors (Lipinski definition) is 3. The molecule has 0 atom stereocenters. The lowest BCUT2D eigenvalue weighted by molar-refractivity contribution is 0.229. The molecule has 1 aliphatic rings. The van der Waals surface area contributed by atoms with Crippen molar-refractivity contribution >= 4 is 5.84 Å². The molecule has 5 heteroatoms. The zero-order chi connectivity index (χ0) is 13.3. The lowest BCUT2D eigenvalue weighted by Gasteiger charge is -2.37. The molecule has 1 saturated carbocycles. The SMILES string of the molecule is CN(C)C1(C(=N)n2cc(F)ccc2=N)CCCC1. The van der Waals surface area contributed by atoms with Crippen LogP contribution in [0, 0.1) is 16.6 Å². The van der Waals surface area contributed by atoms with Gasteiger partial charge in [-0.25, -0.2) is 4.39 Å². The minimum absolute atomic E-state index is 0.148. The summed E-state index contributed by atoms with van der Waals surface area (Å²) in [5.41, 5.74) is -0.219. The monoisotopic (exact) mass is 250 g/mol. The quantitative estimate of drug-likeness (QED) is 0.610. The normalized spacial score (nSPS) is 18.2. The number of nitrogens with zero attached hydrogens (tertiary/aromatic N) is 2. The first-order chi connectivity index (χ1) is 8.47. The molecule has 1 aromatic heterocycles. The van der Waals surface area contributed by atoms with Crippen molar-refractivity contribution in [3.05, 3.63) is 29.6 Å². The van der Waals surface area contributed by atoms with Crippen molar-refractivity contribution in [3.8, 4) is 0 Å². The van der Waals surface area contributed by atoms with Gasteiger partial charge in [-0.05, 0) is 39.1 Å². The molecule has 1 aromatic rings. The Morgan fingerprint density at radius 1 is 1.33 bits per heavy atom. The van der Waals surface area contributed by atoms with Gasteiger partial charge in [0.1, 0.15) is 17.1 Å². The standard InChI is InChI=1S/C13H19FN4/c1-17(2)13(7-3-4-8-13)12(16)18-9-10(14)5-6-11(18)15/h5-6,9,15-16H,3-4,7-8H2,1-2H3. The summed E-state index contributed by atoms with van der Waals surface area (Å²) >= 11 is 0. The van der Waals surface area contributed by atoms with Crippen LogP contribution in [0.15, 0.2) is 18.3 Å². The van der Waals surface area contributed by atoms with Crippen LogP contribution in [0.1, 0.15) is 25.7 Å². The molecular formula is C13H19FN4. The molecule has 4 nitrogen and oxygen atoms in total. The van der Waals surface area contributed by atoms with E-state index in [0.29, 0.717) is 5.84 Å². The van der Waals surface area contributed by atoms with E-state index in [4.69, 9.17) is 10.8 Å². The molecule has 0 amide bonds. The fourth-order valence-corrected chi connectivity index (χ4v) is 2.74. The minimum atomic E-state index is -0.414. The summed E-state index contributed by atoms with van der Waals surface area (Å²) in [4.78, 5) is 2.03. The number of pyridine rings is 1. The molecule has 0 aliphatic heterocycles. The average molecular weight is 250 g/mol. The van der Waals surface area contributed by atoms with Crippen molar-refractivity contribution in [1.82, 2.24) is 9.47 Å². The summed E-state index contributed by atoms with van der Waals surface area (Å²) in [7, 11) is 3.90. The van der Waals surface area contributed by atoms with Gasteiger partial charge in [0.15, 0.2) is 0 Å². The predicted octanol–water partition coefficient (Wildman–Crippen LogP) is 1.81. The predicted molar refractivity (Wildman–Crippen MR) is 68.3 cm³/mol. The van der Waals surface area contributed by atoms with Gasteiger partial charge in [0.05, 0.1) is 5.54 Å². The molecule has 2 N–H and O–H groups in total. The van der Waals surface area contributed by atoms with Gasteiger partial charge in [-0.1, -0.05) is 12.8 Å². The van der Waals surface area contributed by atoms with E-state index in [0.717, 1.165) is 25.7 Å². The summed E-state index contributed by atoms with van der Waals surface area (Å²) in [5, 5.41) is 16.2. The Balaban J connectivity index is 2.46. The van der Waals surface area contributed by atoms with Gasteiger partial charge in [-0.15, -0.1) is 0 Å². The van der Waals surface area contributed by atoms with Crippen LogP contribution in [0.25, 0.3) is 0 Å². The van der Waals surface area contributed by atoms with Crippen molar-refractivity contribution in [3.63, 3.8) is 0 Å². The number of halogens is 1. The third-order valence-electron chi connectivity index (χ3n) is 3.88. The highest BCUT2D eigenvalue weighted by Gasteiger charge is 2.41. The second kappa shape index (κ2) is 4.65. The average Bonchev–Trinajstić information content (AvgIpc) is 2.82. The van der Waals surface area contributed by atoms with E-state index in [1.807, 2.05) is 19.0 Å². The van der Waals surface area contributed by atoms with Gasteiger partial charge >= 0.3 is 0 Å². The van der Waals surface area contributed by atoms with Crippen LogP contribution in [0.4, 0.5) is 4.39 Å². The summed E-state index contributed by atoms with van der Waals surface area (Å²) in [5.74, 6) is -0.114. The molecule has 1 fully saturated rings. The Bertz CT molecular complexity index is 512. The Kier molecular flexibility index (Phi) is 3.34. The topological polar surface area (TPSA) is 55.9 Å². The lowest BCUT2D eigenvalue weighted by atomic mass is 9.94. The summed E-state index contributed by atoms with van der Waals surface area (Å²) in [6, 6.07) is 2.64. The lowest BCUT2D eigenvalue weighted by Crippen LogP contribution is -2.53. The van der Waals surface area contributed by atoms with Crippen LogP contribution in [0.2, 0.25) is 0 Å². The zero-order valence-electron chi connectivity index (χ0n) is 10.8. The van der Waals surface area contributed by atoms with E-state index in [1.54, 1.807) is 0 Å². The minimum Gasteiger partial charge on any atom is -0.297 e. The van der Waals surface area contributed by atoms with E-state index in [1.165, 1.54) is 22.9 Å². The summed E-state index contributed by atoms with van der Waals surface area (Å²) in [6.45, 7) is 0. The molecule has 0 unspecified atom stereocenters. The number of likely N-dealkylation sites (N-methyl/N-ethyl adjacent to an activating group) is 1. The van der Waals surface area contributed by atoms with Crippen LogP contribution < -0.4 is 5.49 Å². The van der Waals surface area contributed by atoms with Crippen LogP contribution in [0.5, 0.6) is 0 Å². The molecule has 0 saturated heterocycles. The third kappa shape index (κ3) is 1.99. The van der Waals surface area contributed by atoms with Gasteiger partial charge in [-0.2, -0.15) is 0 Å². The number of nitrogens with one attached hydrogen (secondary N) is 2. The Morgan fingerprint density at radius 2 is 1.94 bits per heavy atom. The van der Waals surface area contributed by atoms with Crippen molar-refractivity contribution < 1.29 is 4.39 Å². The highest BCUT2D eigenvalue weighted by Crippen LogP contribution is 2.34. The Morgan fingerprint density at radius 3 is 2.50 bits per heavy atom. The zero-order valence-corrected chi connectivity index (χ0v) is 10.8. The molecule has 2 rings (SSSR count). The van der Waals surface area contributed by atoms with Crippen LogP contribution in [0.3, 0.4) is 0 Å². The van der Waals surface area contributed by atoms with Crippen molar-refractivity contribution in [2.75, 3.05) is 14.1 Å². The number of aromatic nitrogens is 1. The second-order valence-electron chi connectivity index (χ2n) is 5.08. The first-order valence-electron chi connectivity index (χ1n) is 6.17. The molecule has 0 bridgehead atoms. The third-order valence-corrected chi connectivity index (χ3v) is 3.88. The first-order valence-corrected chi connectivity index (χ1v) is 6.17. The second-order valence-corrected chi connectivity index (χ2v) is 5.08. The number of hydrogen-bond donors (Lipinski definition) is 2. The fraction of sp³-hybridized carbons (Fsp3) is 0.538. The fourth-order valence-electron chi connectivity index (χ4n) is 2.74. The van der Waals surface area contributed by atoms with E-state index in [-0.39, 0.29) is 11.0 Å². The van der Waals surface area contributed by atoms with E-state index in [9.17, 15) is 4.39 Å². The van der Waals surface area contributed by atoms with Crippen LogP contribution in [-0.2, 0) is 0 Å². The van der Waals surface area contributed by atoms with E-state index < -0.39 is 5.82 Å². The molecule has 0 spiro atoms. The first kappa shape index (κ1) is 13.0. The van der Waals surface area contributed by atoms with Gasteiger partial charge in [0.2, 0.25) is 0 Å². The smallest absolute Gasteiger partial charge is 0.140 e. The van der Waals surface area contributed by atoms with E-state index >= 15 is 0 Å². The van der Waals surface area contributed by atoms with E-state index in [2.05, 4.69) is 0 Å². The van der Waals surface area contributed by atoms with Gasteiger partial charge in [-0.3, -0.25) is 20.3 Å². The van der Waals surface area contributed by atoms with Gasteiger partial charge in [0.25, 0.3) is 0 Å². The van der Waals surface area contributed by atoms with Crippen LogP contribution >= 0.6 is 0 Å². The molecule has 1 aliphatic carbocycles. The van der Waals surface area contributed by atoms with Crippen molar-refractivity contribution in [2.45, 2.75) is 31.2 Å². The number of rotatable bonds is 2. The highest BCUT2D eigenvalue weighted by molar-refractivity contribution is 5.91. The molecule has 0 radical (unpaired) electrons. The Hall–Kier alpha value is -1.49. The maximum Gasteiger partial charge on any atom is 0.140 e. The molecule has 98 valence electrons.